The van der Waals surface area contributed by atoms with Gasteiger partial charge in [0, 0.05) is 0 Å². The first-order valence-corrected chi connectivity index (χ1v) is 15.2. The Morgan fingerprint density at radius 3 is 1.97 bits per heavy atom. The number of rotatable bonds is 7. The predicted molar refractivity (Wildman–Crippen MR) is 152 cm³/mol. The summed E-state index contributed by atoms with van der Waals surface area (Å²) in [5.74, 6) is 3.50. The predicted octanol–water partition coefficient (Wildman–Crippen LogP) is 10.9. The van der Waals surface area contributed by atoms with Crippen molar-refractivity contribution in [2.24, 2.45) is 11.8 Å². The highest BCUT2D eigenvalue weighted by atomic mass is 19.1. The van der Waals surface area contributed by atoms with Crippen LogP contribution in [0, 0.1) is 17.7 Å². The second-order valence-corrected chi connectivity index (χ2v) is 12.2. The van der Waals surface area contributed by atoms with Gasteiger partial charge in [0.1, 0.15) is 5.82 Å². The first-order chi connectivity index (χ1) is 17.6. The zero-order chi connectivity index (χ0) is 24.9. The Labute approximate surface area is 219 Å². The van der Waals surface area contributed by atoms with Crippen LogP contribution in [0.2, 0.25) is 0 Å². The van der Waals surface area contributed by atoms with Gasteiger partial charge in [-0.2, -0.15) is 0 Å². The van der Waals surface area contributed by atoms with E-state index >= 15 is 4.39 Å². The molecule has 0 nitrogen and oxygen atoms in total. The van der Waals surface area contributed by atoms with Crippen LogP contribution in [-0.4, -0.2) is 0 Å². The zero-order valence-corrected chi connectivity index (χ0v) is 22.8. The molecule has 5 rings (SSSR count). The summed E-state index contributed by atoms with van der Waals surface area (Å²) in [5, 5.41) is 0. The highest BCUT2D eigenvalue weighted by Gasteiger charge is 2.25. The molecule has 3 aliphatic rings. The monoisotopic (exact) mass is 486 g/mol. The molecule has 2 saturated carbocycles. The summed E-state index contributed by atoms with van der Waals surface area (Å²) in [6.45, 7) is 4.61. The molecule has 3 aliphatic carbocycles. The van der Waals surface area contributed by atoms with E-state index in [0.717, 1.165) is 55.4 Å². The largest absolute Gasteiger partial charge is 0.207 e. The summed E-state index contributed by atoms with van der Waals surface area (Å²) in [5.41, 5.74) is 6.58. The highest BCUT2D eigenvalue weighted by molar-refractivity contribution is 5.67. The third-order valence-corrected chi connectivity index (χ3v) is 10.1. The molecule has 0 N–H and O–H groups in total. The third-order valence-electron chi connectivity index (χ3n) is 10.1. The van der Waals surface area contributed by atoms with Gasteiger partial charge in [0.2, 0.25) is 0 Å². The van der Waals surface area contributed by atoms with Crippen molar-refractivity contribution in [3.8, 4) is 0 Å². The van der Waals surface area contributed by atoms with E-state index in [2.05, 4.69) is 56.3 Å². The lowest BCUT2D eigenvalue weighted by atomic mass is 9.76. The van der Waals surface area contributed by atoms with Crippen molar-refractivity contribution in [2.75, 3.05) is 0 Å². The number of allylic oxidation sites excluding steroid dienone is 2. The Balaban J connectivity index is 1.17. The number of halogens is 1. The SMILES string of the molecule is CCCC1CCC(c2ccc(C3=CCC(c4ccc(C5CCC(CC)CC5)c(F)c4)CC3)cc2)CC1. The molecule has 0 heterocycles. The summed E-state index contributed by atoms with van der Waals surface area (Å²) in [4.78, 5) is 0. The molecule has 0 aliphatic heterocycles. The van der Waals surface area contributed by atoms with Crippen molar-refractivity contribution in [2.45, 2.75) is 121 Å². The molecule has 2 aromatic carbocycles. The van der Waals surface area contributed by atoms with Crippen LogP contribution < -0.4 is 0 Å². The lowest BCUT2D eigenvalue weighted by Crippen LogP contribution is -2.14. The first kappa shape index (κ1) is 25.7. The van der Waals surface area contributed by atoms with Crippen LogP contribution >= 0.6 is 0 Å². The molecule has 1 atom stereocenters. The fourth-order valence-electron chi connectivity index (χ4n) is 7.57. The molecule has 2 fully saturated rings. The molecule has 2 aromatic rings. The molecule has 1 heteroatoms. The van der Waals surface area contributed by atoms with Crippen LogP contribution in [0.25, 0.3) is 5.57 Å². The van der Waals surface area contributed by atoms with Crippen LogP contribution in [0.15, 0.2) is 48.5 Å². The van der Waals surface area contributed by atoms with E-state index in [9.17, 15) is 0 Å². The average molecular weight is 487 g/mol. The molecule has 0 spiro atoms. The fourth-order valence-corrected chi connectivity index (χ4v) is 7.57. The Kier molecular flexibility index (Phi) is 8.66. The molecule has 0 amide bonds. The molecule has 36 heavy (non-hydrogen) atoms. The molecule has 0 radical (unpaired) electrons. The zero-order valence-electron chi connectivity index (χ0n) is 22.8. The van der Waals surface area contributed by atoms with E-state index in [0.29, 0.717) is 11.8 Å². The summed E-state index contributed by atoms with van der Waals surface area (Å²) in [7, 11) is 0. The summed E-state index contributed by atoms with van der Waals surface area (Å²) < 4.78 is 15.1. The van der Waals surface area contributed by atoms with E-state index in [1.165, 1.54) is 74.5 Å². The second-order valence-electron chi connectivity index (χ2n) is 12.2. The van der Waals surface area contributed by atoms with Crippen LogP contribution in [0.1, 0.15) is 144 Å². The minimum Gasteiger partial charge on any atom is -0.207 e. The van der Waals surface area contributed by atoms with Crippen molar-refractivity contribution in [3.63, 3.8) is 0 Å². The van der Waals surface area contributed by atoms with Crippen LogP contribution in [-0.2, 0) is 0 Å². The van der Waals surface area contributed by atoms with E-state index in [1.807, 2.05) is 6.07 Å². The van der Waals surface area contributed by atoms with Gasteiger partial charge in [-0.25, -0.2) is 4.39 Å². The van der Waals surface area contributed by atoms with Crippen LogP contribution in [0.3, 0.4) is 0 Å². The van der Waals surface area contributed by atoms with Gasteiger partial charge < -0.3 is 0 Å². The van der Waals surface area contributed by atoms with Gasteiger partial charge in [0.15, 0.2) is 0 Å². The topological polar surface area (TPSA) is 0 Å². The number of benzene rings is 2. The maximum atomic E-state index is 15.1. The average Bonchev–Trinajstić information content (AvgIpc) is 2.94. The molecular formula is C35H47F. The molecule has 1 unspecified atom stereocenters. The van der Waals surface area contributed by atoms with Crippen LogP contribution in [0.5, 0.6) is 0 Å². The fraction of sp³-hybridized carbons (Fsp3) is 0.600. The quantitative estimate of drug-likeness (QED) is 0.365. The van der Waals surface area contributed by atoms with Crippen molar-refractivity contribution >= 4 is 5.57 Å². The highest BCUT2D eigenvalue weighted by Crippen LogP contribution is 2.41. The van der Waals surface area contributed by atoms with E-state index in [1.54, 1.807) is 5.56 Å². The lowest BCUT2D eigenvalue weighted by molar-refractivity contribution is 0.308. The summed E-state index contributed by atoms with van der Waals surface area (Å²) in [6, 6.07) is 15.7. The van der Waals surface area contributed by atoms with Crippen LogP contribution in [0.4, 0.5) is 4.39 Å². The van der Waals surface area contributed by atoms with E-state index in [-0.39, 0.29) is 5.82 Å². The van der Waals surface area contributed by atoms with Crippen molar-refractivity contribution in [1.82, 2.24) is 0 Å². The molecular weight excluding hydrogens is 439 g/mol. The Hall–Kier alpha value is -1.89. The van der Waals surface area contributed by atoms with Crippen molar-refractivity contribution in [1.29, 1.82) is 0 Å². The minimum absolute atomic E-state index is 0.0431. The lowest BCUT2D eigenvalue weighted by Gasteiger charge is -2.29. The maximum absolute atomic E-state index is 15.1. The molecule has 0 bridgehead atoms. The summed E-state index contributed by atoms with van der Waals surface area (Å²) in [6.07, 6.45) is 20.1. The normalized spacial score (nSPS) is 29.1. The Morgan fingerprint density at radius 2 is 1.36 bits per heavy atom. The molecule has 0 aromatic heterocycles. The van der Waals surface area contributed by atoms with E-state index < -0.39 is 0 Å². The van der Waals surface area contributed by atoms with Crippen molar-refractivity contribution in [3.05, 3.63) is 76.6 Å². The molecule has 194 valence electrons. The number of hydrogen-bond acceptors (Lipinski definition) is 0. The van der Waals surface area contributed by atoms with Gasteiger partial charge in [-0.05, 0) is 134 Å². The van der Waals surface area contributed by atoms with Gasteiger partial charge in [-0.3, -0.25) is 0 Å². The smallest absolute Gasteiger partial charge is 0.126 e. The van der Waals surface area contributed by atoms with E-state index in [4.69, 9.17) is 0 Å². The van der Waals surface area contributed by atoms with Gasteiger partial charge >= 0.3 is 0 Å². The van der Waals surface area contributed by atoms with Crippen molar-refractivity contribution < 1.29 is 4.39 Å². The van der Waals surface area contributed by atoms with Gasteiger partial charge in [0.25, 0.3) is 0 Å². The third kappa shape index (κ3) is 5.98. The standard InChI is InChI=1S/C35H47F/c1-3-5-26-8-10-27(11-9-26)28-14-16-29(17-15-28)30-18-20-31(21-19-30)33-22-23-34(35(36)24-33)32-12-6-25(4-2)7-13-32/h14-18,22-27,31-32H,3-13,19-21H2,1-2H3. The number of hydrogen-bond donors (Lipinski definition) is 0. The minimum atomic E-state index is 0.0431. The van der Waals surface area contributed by atoms with Gasteiger partial charge in [-0.1, -0.05) is 75.6 Å². The van der Waals surface area contributed by atoms with Gasteiger partial charge in [-0.15, -0.1) is 0 Å². The first-order valence-electron chi connectivity index (χ1n) is 15.2. The van der Waals surface area contributed by atoms with Gasteiger partial charge in [0.05, 0.1) is 0 Å². The molecule has 0 saturated heterocycles. The Bertz CT molecular complexity index is 999. The second kappa shape index (κ2) is 12.1. The Morgan fingerprint density at radius 1 is 0.694 bits per heavy atom. The maximum Gasteiger partial charge on any atom is 0.126 e. The summed E-state index contributed by atoms with van der Waals surface area (Å²) >= 11 is 0.